The highest BCUT2D eigenvalue weighted by molar-refractivity contribution is 8.03. The third kappa shape index (κ3) is 3.89. The maximum absolute atomic E-state index is 13.9. The average molecular weight is 510 g/mol. The van der Waals surface area contributed by atoms with Crippen LogP contribution in [0.4, 0.5) is 5.69 Å². The number of anilines is 1. The maximum atomic E-state index is 13.9. The van der Waals surface area contributed by atoms with E-state index < -0.39 is 27.6 Å². The van der Waals surface area contributed by atoms with E-state index in [1.165, 1.54) is 26.0 Å². The van der Waals surface area contributed by atoms with Crippen LogP contribution < -0.4 is 4.90 Å². The Labute approximate surface area is 221 Å². The molecule has 5 rings (SSSR count). The fourth-order valence-electron chi connectivity index (χ4n) is 5.25. The Morgan fingerprint density at radius 2 is 1.05 bits per heavy atom. The Bertz CT molecular complexity index is 1310. The second-order valence-electron chi connectivity index (χ2n) is 8.72. The lowest BCUT2D eigenvalue weighted by atomic mass is 9.79. The van der Waals surface area contributed by atoms with Gasteiger partial charge in [0.25, 0.3) is 4.87 Å². The number of rotatable bonds is 6. The summed E-state index contributed by atoms with van der Waals surface area (Å²) in [4.78, 5) is 27.8. The number of carbonyl (C=O) groups excluding carboxylic acids is 2. The van der Waals surface area contributed by atoms with Gasteiger partial charge in [0.2, 0.25) is 0 Å². The molecule has 0 N–H and O–H groups in total. The van der Waals surface area contributed by atoms with Gasteiger partial charge in [-0.1, -0.05) is 121 Å². The molecule has 0 aliphatic carbocycles. The number of esters is 2. The van der Waals surface area contributed by atoms with E-state index in [-0.39, 0.29) is 0 Å². The van der Waals surface area contributed by atoms with Gasteiger partial charge in [-0.3, -0.25) is 0 Å². The zero-order valence-corrected chi connectivity index (χ0v) is 21.4. The second-order valence-corrected chi connectivity index (χ2v) is 10.2. The number of benzene rings is 4. The van der Waals surface area contributed by atoms with E-state index >= 15 is 0 Å². The highest BCUT2D eigenvalue weighted by atomic mass is 32.2. The molecular weight excluding hydrogens is 482 g/mol. The molecule has 0 saturated carbocycles. The number of nitrogens with zero attached hydrogens (tertiary/aromatic N) is 1. The Balaban J connectivity index is 1.96. The van der Waals surface area contributed by atoms with Crippen molar-refractivity contribution in [3.63, 3.8) is 0 Å². The smallest absolute Gasteiger partial charge is 0.354 e. The normalized spacial score (nSPS) is 17.7. The van der Waals surface area contributed by atoms with Crippen molar-refractivity contribution in [1.29, 1.82) is 0 Å². The molecule has 4 aromatic rings. The van der Waals surface area contributed by atoms with E-state index in [2.05, 4.69) is 0 Å². The second kappa shape index (κ2) is 10.1. The van der Waals surface area contributed by atoms with Crippen LogP contribution in [-0.4, -0.2) is 31.0 Å². The minimum atomic E-state index is -1.82. The number of ether oxygens (including phenoxy) is 2. The molecule has 6 heteroatoms. The van der Waals surface area contributed by atoms with Gasteiger partial charge in [-0.05, 0) is 28.8 Å². The first-order valence-corrected chi connectivity index (χ1v) is 12.8. The summed E-state index contributed by atoms with van der Waals surface area (Å²) in [6, 6.07) is 39.0. The molecule has 0 spiro atoms. The lowest BCUT2D eigenvalue weighted by Crippen LogP contribution is -2.56. The minimum Gasteiger partial charge on any atom is -0.466 e. The maximum Gasteiger partial charge on any atom is 0.354 e. The van der Waals surface area contributed by atoms with Gasteiger partial charge in [-0.25, -0.2) is 9.59 Å². The van der Waals surface area contributed by atoms with Gasteiger partial charge < -0.3 is 14.4 Å². The van der Waals surface area contributed by atoms with Crippen LogP contribution in [0.25, 0.3) is 0 Å². The van der Waals surface area contributed by atoms with Crippen LogP contribution in [0.3, 0.4) is 0 Å². The molecule has 1 saturated heterocycles. The standard InChI is InChI=1S/C31H27NO4S/c1-35-28(33)31(29(34)36-2)32(26-21-13-6-14-22-26)27(23-15-7-3-8-16-23)30(37-31,24-17-9-4-10-18-24)25-19-11-5-12-20-25/h3-22,27H,1-2H3. The number of hydrogen-bond donors (Lipinski definition) is 0. The van der Waals surface area contributed by atoms with Gasteiger partial charge in [0.1, 0.15) is 0 Å². The summed E-state index contributed by atoms with van der Waals surface area (Å²) in [5.41, 5.74) is 3.56. The Morgan fingerprint density at radius 3 is 1.49 bits per heavy atom. The van der Waals surface area contributed by atoms with E-state index in [9.17, 15) is 9.59 Å². The van der Waals surface area contributed by atoms with Gasteiger partial charge in [-0.2, -0.15) is 0 Å². The van der Waals surface area contributed by atoms with Crippen molar-refractivity contribution in [2.75, 3.05) is 19.1 Å². The summed E-state index contributed by atoms with van der Waals surface area (Å²) in [6.07, 6.45) is 0. The van der Waals surface area contributed by atoms with E-state index in [0.29, 0.717) is 5.69 Å². The molecule has 186 valence electrons. The highest BCUT2D eigenvalue weighted by Crippen LogP contribution is 2.67. The molecular formula is C31H27NO4S. The quantitative estimate of drug-likeness (QED) is 0.236. The summed E-state index contributed by atoms with van der Waals surface area (Å²) in [5, 5.41) is 0. The predicted octanol–water partition coefficient (Wildman–Crippen LogP) is 5.97. The third-order valence-corrected chi connectivity index (χ3v) is 8.61. The molecule has 5 nitrogen and oxygen atoms in total. The molecule has 1 heterocycles. The van der Waals surface area contributed by atoms with Crippen molar-refractivity contribution in [1.82, 2.24) is 0 Å². The van der Waals surface area contributed by atoms with Gasteiger partial charge in [-0.15, -0.1) is 0 Å². The molecule has 1 atom stereocenters. The van der Waals surface area contributed by atoms with Crippen molar-refractivity contribution in [3.05, 3.63) is 138 Å². The molecule has 1 fully saturated rings. The van der Waals surface area contributed by atoms with Crippen molar-refractivity contribution < 1.29 is 19.1 Å². The summed E-state index contributed by atoms with van der Waals surface area (Å²) < 4.78 is 9.83. The molecule has 1 aliphatic heterocycles. The number of hydrogen-bond acceptors (Lipinski definition) is 6. The molecule has 1 unspecified atom stereocenters. The van der Waals surface area contributed by atoms with Crippen LogP contribution in [0, 0.1) is 0 Å². The van der Waals surface area contributed by atoms with Crippen LogP contribution in [0.2, 0.25) is 0 Å². The highest BCUT2D eigenvalue weighted by Gasteiger charge is 2.70. The van der Waals surface area contributed by atoms with Gasteiger partial charge in [0.05, 0.1) is 25.0 Å². The monoisotopic (exact) mass is 509 g/mol. The first-order valence-electron chi connectivity index (χ1n) is 12.0. The number of carbonyl (C=O) groups is 2. The predicted molar refractivity (Wildman–Crippen MR) is 146 cm³/mol. The summed E-state index contributed by atoms with van der Waals surface area (Å²) in [7, 11) is 2.61. The Kier molecular flexibility index (Phi) is 6.76. The first kappa shape index (κ1) is 24.7. The van der Waals surface area contributed by atoms with Crippen LogP contribution in [0.5, 0.6) is 0 Å². The van der Waals surface area contributed by atoms with Crippen LogP contribution in [-0.2, 0) is 23.8 Å². The largest absolute Gasteiger partial charge is 0.466 e. The van der Waals surface area contributed by atoms with Crippen LogP contribution in [0.15, 0.2) is 121 Å². The minimum absolute atomic E-state index is 0.482. The average Bonchev–Trinajstić information content (AvgIpc) is 3.32. The van der Waals surface area contributed by atoms with Crippen LogP contribution >= 0.6 is 11.8 Å². The van der Waals surface area contributed by atoms with Crippen molar-refractivity contribution >= 4 is 29.4 Å². The molecule has 4 aromatic carbocycles. The number of methoxy groups -OCH3 is 2. The summed E-state index contributed by atoms with van der Waals surface area (Å²) >= 11 is 1.26. The lowest BCUT2D eigenvalue weighted by Gasteiger charge is -2.40. The van der Waals surface area contributed by atoms with Crippen LogP contribution in [0.1, 0.15) is 22.7 Å². The van der Waals surface area contributed by atoms with Gasteiger partial charge in [0.15, 0.2) is 0 Å². The zero-order valence-electron chi connectivity index (χ0n) is 20.6. The number of para-hydroxylation sites is 1. The third-order valence-electron chi connectivity index (χ3n) is 6.77. The van der Waals surface area contributed by atoms with Gasteiger partial charge >= 0.3 is 11.9 Å². The lowest BCUT2D eigenvalue weighted by molar-refractivity contribution is -0.155. The molecule has 0 aromatic heterocycles. The Hall–Kier alpha value is -4.03. The molecule has 0 amide bonds. The van der Waals surface area contributed by atoms with E-state index in [1.807, 2.05) is 126 Å². The molecule has 1 aliphatic rings. The van der Waals surface area contributed by atoms with E-state index in [0.717, 1.165) is 16.7 Å². The SMILES string of the molecule is COC(=O)C1(C(=O)OC)SC(c2ccccc2)(c2ccccc2)C(c2ccccc2)N1c1ccccc1. The fraction of sp³-hybridized carbons (Fsp3) is 0.161. The zero-order chi connectivity index (χ0) is 25.9. The van der Waals surface area contributed by atoms with E-state index in [4.69, 9.17) is 9.47 Å². The molecule has 37 heavy (non-hydrogen) atoms. The van der Waals surface area contributed by atoms with Crippen molar-refractivity contribution in [2.45, 2.75) is 15.7 Å². The summed E-state index contributed by atoms with van der Waals surface area (Å²) in [6.45, 7) is 0. The van der Waals surface area contributed by atoms with Gasteiger partial charge in [0, 0.05) is 5.69 Å². The van der Waals surface area contributed by atoms with Crippen molar-refractivity contribution in [2.24, 2.45) is 0 Å². The molecule has 0 radical (unpaired) electrons. The Morgan fingerprint density at radius 1 is 0.649 bits per heavy atom. The fourth-order valence-corrected chi connectivity index (χ4v) is 7.22. The molecule has 0 bridgehead atoms. The topological polar surface area (TPSA) is 55.8 Å². The first-order chi connectivity index (χ1) is 18.1. The van der Waals surface area contributed by atoms with Crippen molar-refractivity contribution in [3.8, 4) is 0 Å². The summed E-state index contributed by atoms with van der Waals surface area (Å²) in [5.74, 6) is -1.38. The number of thioether (sulfide) groups is 1. The van der Waals surface area contributed by atoms with E-state index in [1.54, 1.807) is 0 Å².